The number of halogens is 2. The topological polar surface area (TPSA) is 49.3 Å². The third kappa shape index (κ3) is 4.96. The molecule has 0 bridgehead atoms. The van der Waals surface area contributed by atoms with E-state index in [0.717, 1.165) is 0 Å². The summed E-state index contributed by atoms with van der Waals surface area (Å²) in [6, 6.07) is 6.00. The van der Waals surface area contributed by atoms with Gasteiger partial charge in [-0.1, -0.05) is 23.9 Å². The Kier molecular flexibility index (Phi) is 7.32. The molecule has 0 aromatic heterocycles. The van der Waals surface area contributed by atoms with Gasteiger partial charge in [0.1, 0.15) is 0 Å². The lowest BCUT2D eigenvalue weighted by Gasteiger charge is -2.21. The first-order valence-corrected chi connectivity index (χ1v) is 8.14. The van der Waals surface area contributed by atoms with Gasteiger partial charge in [0, 0.05) is 16.2 Å². The molecule has 0 spiro atoms. The van der Waals surface area contributed by atoms with Gasteiger partial charge < -0.3 is 10.4 Å². The molecule has 0 heterocycles. The van der Waals surface area contributed by atoms with Crippen molar-refractivity contribution >= 4 is 29.4 Å². The number of carbonyl (C=O) groups excluding carboxylic acids is 1. The number of hydrogen-bond donors (Lipinski definition) is 2. The number of alkyl halides is 2. The highest BCUT2D eigenvalue weighted by Crippen LogP contribution is 2.28. The Balaban J connectivity index is 2.82. The number of carbonyl (C=O) groups is 1. The SMILES string of the molecule is CSC(CO)C(C)NC(=O)c1ccccc1SC(F)F. The number of nitrogens with one attached hydrogen (secondary N) is 1. The van der Waals surface area contributed by atoms with E-state index < -0.39 is 11.7 Å². The van der Waals surface area contributed by atoms with Crippen LogP contribution in [0.4, 0.5) is 8.78 Å². The number of benzene rings is 1. The molecular formula is C13H17F2NO2S2. The molecule has 0 fully saturated rings. The highest BCUT2D eigenvalue weighted by atomic mass is 32.2. The van der Waals surface area contributed by atoms with Gasteiger partial charge in [0.2, 0.25) is 0 Å². The van der Waals surface area contributed by atoms with Crippen molar-refractivity contribution in [3.63, 3.8) is 0 Å². The van der Waals surface area contributed by atoms with E-state index in [2.05, 4.69) is 5.32 Å². The summed E-state index contributed by atoms with van der Waals surface area (Å²) >= 11 is 1.79. The van der Waals surface area contributed by atoms with Crippen LogP contribution in [0.15, 0.2) is 29.2 Å². The lowest BCUT2D eigenvalue weighted by Crippen LogP contribution is -2.41. The minimum Gasteiger partial charge on any atom is -0.395 e. The number of hydrogen-bond acceptors (Lipinski definition) is 4. The van der Waals surface area contributed by atoms with Gasteiger partial charge in [-0.05, 0) is 25.3 Å². The summed E-state index contributed by atoms with van der Waals surface area (Å²) < 4.78 is 24.9. The lowest BCUT2D eigenvalue weighted by molar-refractivity contribution is 0.0933. The molecule has 2 N–H and O–H groups in total. The van der Waals surface area contributed by atoms with Crippen molar-refractivity contribution in [2.75, 3.05) is 12.9 Å². The molecule has 2 atom stereocenters. The third-order valence-electron chi connectivity index (χ3n) is 2.75. The van der Waals surface area contributed by atoms with Gasteiger partial charge in [-0.25, -0.2) is 0 Å². The minimum absolute atomic E-state index is 0.0595. The Labute approximate surface area is 125 Å². The largest absolute Gasteiger partial charge is 0.395 e. The molecule has 0 aliphatic heterocycles. The highest BCUT2D eigenvalue weighted by molar-refractivity contribution is 7.99. The third-order valence-corrected chi connectivity index (χ3v) is 4.70. The van der Waals surface area contributed by atoms with E-state index in [1.54, 1.807) is 19.1 Å². The van der Waals surface area contributed by atoms with Crippen molar-refractivity contribution in [1.29, 1.82) is 0 Å². The zero-order valence-electron chi connectivity index (χ0n) is 11.2. The fourth-order valence-corrected chi connectivity index (χ4v) is 2.93. The zero-order valence-corrected chi connectivity index (χ0v) is 12.8. The Morgan fingerprint density at radius 3 is 2.60 bits per heavy atom. The number of amides is 1. The molecule has 1 aromatic carbocycles. The standard InChI is InChI=1S/C13H17F2NO2S2/c1-8(11(7-17)19-2)16-12(18)9-5-3-4-6-10(9)20-13(14)15/h3-6,8,11,13,17H,7H2,1-2H3,(H,16,18). The monoisotopic (exact) mass is 321 g/mol. The van der Waals surface area contributed by atoms with E-state index in [9.17, 15) is 18.7 Å². The molecule has 0 saturated carbocycles. The normalized spacial score (nSPS) is 14.1. The van der Waals surface area contributed by atoms with Crippen molar-refractivity contribution in [3.8, 4) is 0 Å². The second-order valence-electron chi connectivity index (χ2n) is 4.09. The van der Waals surface area contributed by atoms with Gasteiger partial charge >= 0.3 is 0 Å². The number of thioether (sulfide) groups is 2. The quantitative estimate of drug-likeness (QED) is 0.758. The summed E-state index contributed by atoms with van der Waals surface area (Å²) in [7, 11) is 0. The van der Waals surface area contributed by atoms with Gasteiger partial charge in [0.25, 0.3) is 11.7 Å². The van der Waals surface area contributed by atoms with Crippen LogP contribution in [0.25, 0.3) is 0 Å². The summed E-state index contributed by atoms with van der Waals surface area (Å²) in [5.41, 5.74) is 0.224. The van der Waals surface area contributed by atoms with Crippen molar-refractivity contribution in [1.82, 2.24) is 5.32 Å². The van der Waals surface area contributed by atoms with Crippen LogP contribution in [0.3, 0.4) is 0 Å². The first-order valence-electron chi connectivity index (χ1n) is 5.98. The van der Waals surface area contributed by atoms with Crippen LogP contribution >= 0.6 is 23.5 Å². The molecule has 7 heteroatoms. The predicted octanol–water partition coefficient (Wildman–Crippen LogP) is 2.84. The second kappa shape index (κ2) is 8.49. The van der Waals surface area contributed by atoms with Crippen LogP contribution in [0, 0.1) is 0 Å². The molecule has 0 radical (unpaired) electrons. The van der Waals surface area contributed by atoms with Gasteiger partial charge in [0.05, 0.1) is 12.2 Å². The molecule has 0 aliphatic rings. The van der Waals surface area contributed by atoms with Crippen LogP contribution in [0.5, 0.6) is 0 Å². The maximum atomic E-state index is 12.5. The Morgan fingerprint density at radius 2 is 2.05 bits per heavy atom. The number of aliphatic hydroxyl groups is 1. The molecule has 0 aliphatic carbocycles. The van der Waals surface area contributed by atoms with Crippen LogP contribution in [0.2, 0.25) is 0 Å². The lowest BCUT2D eigenvalue weighted by atomic mass is 10.1. The van der Waals surface area contributed by atoms with Crippen LogP contribution in [-0.2, 0) is 0 Å². The van der Waals surface area contributed by atoms with Crippen LogP contribution < -0.4 is 5.32 Å². The first-order chi connectivity index (χ1) is 9.49. The maximum absolute atomic E-state index is 12.5. The summed E-state index contributed by atoms with van der Waals surface area (Å²) in [5, 5.41) is 11.8. The summed E-state index contributed by atoms with van der Waals surface area (Å²) in [4.78, 5) is 12.4. The van der Waals surface area contributed by atoms with E-state index in [1.165, 1.54) is 23.9 Å². The van der Waals surface area contributed by atoms with E-state index in [0.29, 0.717) is 11.8 Å². The second-order valence-corrected chi connectivity index (χ2v) is 6.20. The van der Waals surface area contributed by atoms with Crippen molar-refractivity contribution in [2.24, 2.45) is 0 Å². The summed E-state index contributed by atoms with van der Waals surface area (Å²) in [5.74, 6) is -2.98. The number of rotatable bonds is 7. The van der Waals surface area contributed by atoms with Gasteiger partial charge in [0.15, 0.2) is 0 Å². The van der Waals surface area contributed by atoms with E-state index in [1.807, 2.05) is 6.26 Å². The average molecular weight is 321 g/mol. The minimum atomic E-state index is -2.57. The fraction of sp³-hybridized carbons (Fsp3) is 0.462. The Hall–Kier alpha value is -0.790. The van der Waals surface area contributed by atoms with E-state index in [-0.39, 0.29) is 28.4 Å². The molecule has 3 nitrogen and oxygen atoms in total. The summed E-state index contributed by atoms with van der Waals surface area (Å²) in [6.07, 6.45) is 1.84. The molecule has 112 valence electrons. The molecule has 1 rings (SSSR count). The molecule has 20 heavy (non-hydrogen) atoms. The zero-order chi connectivity index (χ0) is 15.1. The average Bonchev–Trinajstić information content (AvgIpc) is 2.39. The Morgan fingerprint density at radius 1 is 1.40 bits per heavy atom. The Bertz CT molecular complexity index is 442. The molecule has 1 amide bonds. The molecule has 0 saturated heterocycles. The molecule has 2 unspecified atom stereocenters. The van der Waals surface area contributed by atoms with Gasteiger partial charge in [-0.3, -0.25) is 4.79 Å². The van der Waals surface area contributed by atoms with E-state index in [4.69, 9.17) is 0 Å². The van der Waals surface area contributed by atoms with Crippen molar-refractivity contribution in [3.05, 3.63) is 29.8 Å². The van der Waals surface area contributed by atoms with E-state index >= 15 is 0 Å². The van der Waals surface area contributed by atoms with Gasteiger partial charge in [-0.2, -0.15) is 20.5 Å². The highest BCUT2D eigenvalue weighted by Gasteiger charge is 2.20. The number of aliphatic hydroxyl groups excluding tert-OH is 1. The van der Waals surface area contributed by atoms with Gasteiger partial charge in [-0.15, -0.1) is 0 Å². The first kappa shape index (κ1) is 17.3. The fourth-order valence-electron chi connectivity index (χ4n) is 1.67. The molecule has 1 aromatic rings. The maximum Gasteiger partial charge on any atom is 0.288 e. The smallest absolute Gasteiger partial charge is 0.288 e. The van der Waals surface area contributed by atoms with Crippen LogP contribution in [0.1, 0.15) is 17.3 Å². The van der Waals surface area contributed by atoms with Crippen molar-refractivity contribution < 1.29 is 18.7 Å². The predicted molar refractivity (Wildman–Crippen MR) is 79.6 cm³/mol. The molecular weight excluding hydrogens is 304 g/mol. The van der Waals surface area contributed by atoms with Crippen LogP contribution in [-0.4, -0.2) is 40.9 Å². The van der Waals surface area contributed by atoms with Crippen molar-refractivity contribution in [2.45, 2.75) is 28.9 Å². The summed E-state index contributed by atoms with van der Waals surface area (Å²) in [6.45, 7) is 1.72.